The first-order chi connectivity index (χ1) is 8.78. The zero-order chi connectivity index (χ0) is 12.8. The van der Waals surface area contributed by atoms with Crippen LogP contribution in [0.1, 0.15) is 18.9 Å². The Hall–Kier alpha value is -1.48. The largest absolute Gasteiger partial charge is 0.370 e. The second kappa shape index (κ2) is 6.45. The number of anilines is 1. The lowest BCUT2D eigenvalue weighted by atomic mass is 10.2. The highest BCUT2D eigenvalue weighted by Crippen LogP contribution is 2.27. The van der Waals surface area contributed by atoms with Crippen molar-refractivity contribution in [2.45, 2.75) is 30.2 Å². The maximum atomic E-state index is 4.59. The molecule has 3 heteroatoms. The maximum absolute atomic E-state index is 4.59. The van der Waals surface area contributed by atoms with Gasteiger partial charge in [0.15, 0.2) is 0 Å². The van der Waals surface area contributed by atoms with Crippen molar-refractivity contribution in [3.8, 4) is 0 Å². The van der Waals surface area contributed by atoms with Crippen LogP contribution >= 0.6 is 11.8 Å². The molecule has 1 aromatic heterocycles. The van der Waals surface area contributed by atoms with Crippen molar-refractivity contribution < 1.29 is 0 Å². The van der Waals surface area contributed by atoms with Gasteiger partial charge in [0.2, 0.25) is 0 Å². The highest BCUT2D eigenvalue weighted by molar-refractivity contribution is 7.99. The molecule has 0 unspecified atom stereocenters. The lowest BCUT2D eigenvalue weighted by Gasteiger charge is -2.06. The smallest absolute Gasteiger partial charge is 0.127 e. The number of pyridine rings is 1. The summed E-state index contributed by atoms with van der Waals surface area (Å²) in [5, 5.41) is 4.34. The zero-order valence-electron chi connectivity index (χ0n) is 10.8. The minimum absolute atomic E-state index is 0.953. The van der Waals surface area contributed by atoms with E-state index in [9.17, 15) is 0 Å². The zero-order valence-corrected chi connectivity index (χ0v) is 11.6. The summed E-state index contributed by atoms with van der Waals surface area (Å²) in [6, 6.07) is 14.6. The first-order valence-electron chi connectivity index (χ1n) is 6.23. The van der Waals surface area contributed by atoms with Gasteiger partial charge in [-0.2, -0.15) is 0 Å². The molecule has 0 saturated carbocycles. The predicted octanol–water partition coefficient (Wildman–Crippen LogP) is 4.36. The van der Waals surface area contributed by atoms with Crippen molar-refractivity contribution in [2.24, 2.45) is 0 Å². The second-order valence-electron chi connectivity index (χ2n) is 4.21. The van der Waals surface area contributed by atoms with E-state index < -0.39 is 0 Å². The van der Waals surface area contributed by atoms with Crippen LogP contribution in [0, 0.1) is 6.92 Å². The Bertz CT molecular complexity index is 511. The molecule has 0 amide bonds. The van der Waals surface area contributed by atoms with Gasteiger partial charge in [0.25, 0.3) is 0 Å². The van der Waals surface area contributed by atoms with Crippen LogP contribution in [0.25, 0.3) is 0 Å². The molecular formula is C15H18N2S. The summed E-state index contributed by atoms with van der Waals surface area (Å²) < 4.78 is 0. The molecule has 18 heavy (non-hydrogen) atoms. The average Bonchev–Trinajstić information content (AvgIpc) is 2.37. The topological polar surface area (TPSA) is 24.9 Å². The number of rotatable bonds is 5. The van der Waals surface area contributed by atoms with E-state index >= 15 is 0 Å². The van der Waals surface area contributed by atoms with Gasteiger partial charge in [-0.3, -0.25) is 0 Å². The fourth-order valence-electron chi connectivity index (χ4n) is 1.62. The summed E-state index contributed by atoms with van der Waals surface area (Å²) in [5.41, 5.74) is 1.28. The van der Waals surface area contributed by atoms with Crippen LogP contribution in [-0.4, -0.2) is 11.5 Å². The third kappa shape index (κ3) is 3.77. The van der Waals surface area contributed by atoms with E-state index in [1.165, 1.54) is 10.5 Å². The van der Waals surface area contributed by atoms with E-state index in [1.54, 1.807) is 11.8 Å². The molecule has 94 valence electrons. The SMILES string of the molecule is CCCNc1cccc(Sc2cccc(C)c2)n1. The van der Waals surface area contributed by atoms with Crippen LogP contribution in [0.3, 0.4) is 0 Å². The summed E-state index contributed by atoms with van der Waals surface area (Å²) in [4.78, 5) is 5.82. The van der Waals surface area contributed by atoms with Gasteiger partial charge in [-0.15, -0.1) is 0 Å². The molecule has 0 atom stereocenters. The molecular weight excluding hydrogens is 240 g/mol. The van der Waals surface area contributed by atoms with Crippen LogP contribution in [0.5, 0.6) is 0 Å². The molecule has 0 spiro atoms. The Balaban J connectivity index is 2.09. The normalized spacial score (nSPS) is 10.3. The van der Waals surface area contributed by atoms with Gasteiger partial charge >= 0.3 is 0 Å². The summed E-state index contributed by atoms with van der Waals surface area (Å²) in [6.45, 7) is 5.22. The van der Waals surface area contributed by atoms with Crippen LogP contribution in [0.15, 0.2) is 52.4 Å². The van der Waals surface area contributed by atoms with Crippen LogP contribution in [-0.2, 0) is 0 Å². The van der Waals surface area contributed by atoms with Gasteiger partial charge in [-0.25, -0.2) is 4.98 Å². The monoisotopic (exact) mass is 258 g/mol. The van der Waals surface area contributed by atoms with Gasteiger partial charge in [0.1, 0.15) is 10.8 Å². The van der Waals surface area contributed by atoms with Crippen LogP contribution < -0.4 is 5.32 Å². The van der Waals surface area contributed by atoms with Gasteiger partial charge < -0.3 is 5.32 Å². The molecule has 0 bridgehead atoms. The van der Waals surface area contributed by atoms with E-state index in [2.05, 4.69) is 48.4 Å². The molecule has 1 heterocycles. The molecule has 2 aromatic rings. The van der Waals surface area contributed by atoms with E-state index in [1.807, 2.05) is 18.2 Å². The standard InChI is InChI=1S/C15H18N2S/c1-3-10-16-14-8-5-9-15(17-14)18-13-7-4-6-12(2)11-13/h4-9,11H,3,10H2,1-2H3,(H,16,17). The van der Waals surface area contributed by atoms with Gasteiger partial charge in [-0.05, 0) is 37.6 Å². The average molecular weight is 258 g/mol. The predicted molar refractivity (Wildman–Crippen MR) is 78.3 cm³/mol. The van der Waals surface area contributed by atoms with Crippen molar-refractivity contribution in [3.63, 3.8) is 0 Å². The number of nitrogens with zero attached hydrogens (tertiary/aromatic N) is 1. The molecule has 0 radical (unpaired) electrons. The number of aromatic nitrogens is 1. The van der Waals surface area contributed by atoms with E-state index in [4.69, 9.17) is 0 Å². The van der Waals surface area contributed by atoms with Crippen molar-refractivity contribution in [2.75, 3.05) is 11.9 Å². The summed E-state index contributed by atoms with van der Waals surface area (Å²) in [6.07, 6.45) is 1.11. The third-order valence-corrected chi connectivity index (χ3v) is 3.42. The Morgan fingerprint density at radius 1 is 1.17 bits per heavy atom. The number of hydrogen-bond donors (Lipinski definition) is 1. The Labute approximate surface area is 113 Å². The summed E-state index contributed by atoms with van der Waals surface area (Å²) in [7, 11) is 0. The quantitative estimate of drug-likeness (QED) is 0.862. The van der Waals surface area contributed by atoms with E-state index in [0.29, 0.717) is 0 Å². The molecule has 0 fully saturated rings. The van der Waals surface area contributed by atoms with E-state index in [0.717, 1.165) is 23.8 Å². The Kier molecular flexibility index (Phi) is 4.65. The fourth-order valence-corrected chi connectivity index (χ4v) is 2.55. The molecule has 0 aliphatic carbocycles. The minimum atomic E-state index is 0.953. The fraction of sp³-hybridized carbons (Fsp3) is 0.267. The van der Waals surface area contributed by atoms with Crippen molar-refractivity contribution in [1.82, 2.24) is 4.98 Å². The highest BCUT2D eigenvalue weighted by atomic mass is 32.2. The molecule has 0 saturated heterocycles. The first-order valence-corrected chi connectivity index (χ1v) is 7.05. The number of nitrogens with one attached hydrogen (secondary N) is 1. The minimum Gasteiger partial charge on any atom is -0.370 e. The first kappa shape index (κ1) is 13.0. The van der Waals surface area contributed by atoms with Crippen LogP contribution in [0.4, 0.5) is 5.82 Å². The van der Waals surface area contributed by atoms with Gasteiger partial charge in [0, 0.05) is 11.4 Å². The molecule has 1 aromatic carbocycles. The van der Waals surface area contributed by atoms with Gasteiger partial charge in [-0.1, -0.05) is 42.4 Å². The molecule has 0 aliphatic rings. The summed E-state index contributed by atoms with van der Waals surface area (Å²) in [5.74, 6) is 0.953. The number of benzene rings is 1. The molecule has 2 nitrogen and oxygen atoms in total. The van der Waals surface area contributed by atoms with Crippen molar-refractivity contribution in [1.29, 1.82) is 0 Å². The summed E-state index contributed by atoms with van der Waals surface area (Å²) >= 11 is 1.70. The van der Waals surface area contributed by atoms with Crippen LogP contribution in [0.2, 0.25) is 0 Å². The molecule has 2 rings (SSSR count). The van der Waals surface area contributed by atoms with Crippen molar-refractivity contribution >= 4 is 17.6 Å². The Morgan fingerprint density at radius 2 is 2.00 bits per heavy atom. The maximum Gasteiger partial charge on any atom is 0.127 e. The highest BCUT2D eigenvalue weighted by Gasteiger charge is 2.00. The second-order valence-corrected chi connectivity index (χ2v) is 5.30. The van der Waals surface area contributed by atoms with Crippen molar-refractivity contribution in [3.05, 3.63) is 48.0 Å². The lowest BCUT2D eigenvalue weighted by molar-refractivity contribution is 0.960. The number of hydrogen-bond acceptors (Lipinski definition) is 3. The van der Waals surface area contributed by atoms with E-state index in [-0.39, 0.29) is 0 Å². The lowest BCUT2D eigenvalue weighted by Crippen LogP contribution is -2.01. The number of aryl methyl sites for hydroxylation is 1. The van der Waals surface area contributed by atoms with Gasteiger partial charge in [0.05, 0.1) is 0 Å². The molecule has 1 N–H and O–H groups in total. The third-order valence-electron chi connectivity index (χ3n) is 2.49. The Morgan fingerprint density at radius 3 is 2.78 bits per heavy atom. The molecule has 0 aliphatic heterocycles.